The average molecular weight is 329 g/mol. The van der Waals surface area contributed by atoms with E-state index in [0.717, 1.165) is 5.56 Å². The molecule has 0 aliphatic rings. The van der Waals surface area contributed by atoms with Crippen molar-refractivity contribution < 1.29 is 19.4 Å². The van der Waals surface area contributed by atoms with Gasteiger partial charge in [-0.2, -0.15) is 11.3 Å². The highest BCUT2D eigenvalue weighted by Gasteiger charge is 2.16. The van der Waals surface area contributed by atoms with E-state index < -0.39 is 5.97 Å². The van der Waals surface area contributed by atoms with Gasteiger partial charge in [0, 0.05) is 22.4 Å². The Morgan fingerprint density at radius 1 is 1.30 bits per heavy atom. The van der Waals surface area contributed by atoms with Crippen LogP contribution in [0, 0.1) is 0 Å². The molecule has 0 aliphatic carbocycles. The van der Waals surface area contributed by atoms with Crippen LogP contribution in [0.4, 0.5) is 0 Å². The largest absolute Gasteiger partial charge is 0.493 e. The zero-order valence-electron chi connectivity index (χ0n) is 12.7. The number of benzene rings is 1. The van der Waals surface area contributed by atoms with Gasteiger partial charge in [0.05, 0.1) is 30.5 Å². The Balaban J connectivity index is 2.29. The maximum absolute atomic E-state index is 11.7. The van der Waals surface area contributed by atoms with Gasteiger partial charge in [-0.15, -0.1) is 0 Å². The number of nitrogens with zero attached hydrogens (tertiary/aromatic N) is 1. The Kier molecular flexibility index (Phi) is 4.16. The number of aromatic nitrogens is 1. The standard InChI is InChI=1S/C17H15NO4S/c1-3-22-16-7-11-12(17(19)20)6-13(10-4-5-23-9-10)18-14(11)8-15(16)21-2/h4-9H,3H2,1-2H3,(H,19,20). The van der Waals surface area contributed by atoms with Gasteiger partial charge in [0.15, 0.2) is 11.5 Å². The minimum Gasteiger partial charge on any atom is -0.493 e. The molecule has 0 unspecified atom stereocenters. The summed E-state index contributed by atoms with van der Waals surface area (Å²) in [7, 11) is 1.55. The van der Waals surface area contributed by atoms with Crippen molar-refractivity contribution in [1.29, 1.82) is 0 Å². The Bertz CT molecular complexity index is 859. The minimum absolute atomic E-state index is 0.194. The first-order valence-corrected chi connectivity index (χ1v) is 7.99. The third-order valence-electron chi connectivity index (χ3n) is 3.44. The van der Waals surface area contributed by atoms with Gasteiger partial charge in [0.2, 0.25) is 0 Å². The van der Waals surface area contributed by atoms with Gasteiger partial charge >= 0.3 is 5.97 Å². The number of carboxylic acid groups (broad SMARTS) is 1. The number of thiophene rings is 1. The number of pyridine rings is 1. The molecule has 5 nitrogen and oxygen atoms in total. The first-order valence-electron chi connectivity index (χ1n) is 7.05. The number of hydrogen-bond donors (Lipinski definition) is 1. The van der Waals surface area contributed by atoms with Gasteiger partial charge in [0.1, 0.15) is 0 Å². The lowest BCUT2D eigenvalue weighted by atomic mass is 10.0. The van der Waals surface area contributed by atoms with E-state index in [-0.39, 0.29) is 5.56 Å². The van der Waals surface area contributed by atoms with Gasteiger partial charge in [-0.3, -0.25) is 0 Å². The third-order valence-corrected chi connectivity index (χ3v) is 4.12. The second-order valence-corrected chi connectivity index (χ2v) is 5.61. The van der Waals surface area contributed by atoms with Crippen molar-refractivity contribution in [1.82, 2.24) is 4.98 Å². The number of methoxy groups -OCH3 is 1. The lowest BCUT2D eigenvalue weighted by Gasteiger charge is -2.12. The van der Waals surface area contributed by atoms with E-state index in [9.17, 15) is 9.90 Å². The van der Waals surface area contributed by atoms with Crippen molar-refractivity contribution in [3.8, 4) is 22.8 Å². The van der Waals surface area contributed by atoms with Crippen LogP contribution >= 0.6 is 11.3 Å². The Morgan fingerprint density at radius 3 is 2.74 bits per heavy atom. The molecule has 2 heterocycles. The van der Waals surface area contributed by atoms with Gasteiger partial charge in [-0.05, 0) is 30.5 Å². The maximum Gasteiger partial charge on any atom is 0.336 e. The highest BCUT2D eigenvalue weighted by atomic mass is 32.1. The van der Waals surface area contributed by atoms with Gasteiger partial charge in [-0.25, -0.2) is 9.78 Å². The molecular weight excluding hydrogens is 314 g/mol. The van der Waals surface area contributed by atoms with E-state index >= 15 is 0 Å². The van der Waals surface area contributed by atoms with Crippen LogP contribution < -0.4 is 9.47 Å². The summed E-state index contributed by atoms with van der Waals surface area (Å²) < 4.78 is 10.9. The van der Waals surface area contributed by atoms with Crippen LogP contribution in [0.1, 0.15) is 17.3 Å². The van der Waals surface area contributed by atoms with Crippen molar-refractivity contribution in [2.24, 2.45) is 0 Å². The smallest absolute Gasteiger partial charge is 0.336 e. The summed E-state index contributed by atoms with van der Waals surface area (Å²) in [4.78, 5) is 16.2. The molecule has 0 spiro atoms. The average Bonchev–Trinajstić information content (AvgIpc) is 3.07. The predicted molar refractivity (Wildman–Crippen MR) is 89.7 cm³/mol. The second-order valence-electron chi connectivity index (χ2n) is 4.83. The van der Waals surface area contributed by atoms with Crippen molar-refractivity contribution in [2.45, 2.75) is 6.92 Å². The molecule has 3 rings (SSSR count). The van der Waals surface area contributed by atoms with Crippen LogP contribution in [-0.2, 0) is 0 Å². The fourth-order valence-corrected chi connectivity index (χ4v) is 3.05. The quantitative estimate of drug-likeness (QED) is 0.764. The summed E-state index contributed by atoms with van der Waals surface area (Å²) in [5.74, 6) is 0.0437. The van der Waals surface area contributed by atoms with Gasteiger partial charge < -0.3 is 14.6 Å². The summed E-state index contributed by atoms with van der Waals surface area (Å²) in [6.45, 7) is 2.32. The molecule has 0 atom stereocenters. The Morgan fingerprint density at radius 2 is 2.13 bits per heavy atom. The van der Waals surface area contributed by atoms with Crippen LogP contribution in [0.5, 0.6) is 11.5 Å². The van der Waals surface area contributed by atoms with Crippen molar-refractivity contribution >= 4 is 28.2 Å². The molecule has 0 radical (unpaired) electrons. The fourth-order valence-electron chi connectivity index (χ4n) is 2.40. The van der Waals surface area contributed by atoms with E-state index in [1.165, 1.54) is 11.3 Å². The Labute approximate surface area is 137 Å². The van der Waals surface area contributed by atoms with E-state index in [1.54, 1.807) is 25.3 Å². The molecule has 23 heavy (non-hydrogen) atoms. The number of ether oxygens (including phenoxy) is 2. The Hall–Kier alpha value is -2.60. The number of hydrogen-bond acceptors (Lipinski definition) is 5. The van der Waals surface area contributed by atoms with Crippen LogP contribution in [0.15, 0.2) is 35.0 Å². The number of fused-ring (bicyclic) bond motifs is 1. The molecule has 0 amide bonds. The second kappa shape index (κ2) is 6.26. The summed E-state index contributed by atoms with van der Waals surface area (Å²) in [6, 6.07) is 6.89. The zero-order valence-corrected chi connectivity index (χ0v) is 13.5. The highest BCUT2D eigenvalue weighted by Crippen LogP contribution is 2.35. The van der Waals surface area contributed by atoms with Crippen molar-refractivity contribution in [3.05, 3.63) is 40.6 Å². The summed E-state index contributed by atoms with van der Waals surface area (Å²) in [5, 5.41) is 14.0. The van der Waals surface area contributed by atoms with E-state index in [1.807, 2.05) is 23.8 Å². The molecule has 3 aromatic rings. The molecule has 0 saturated heterocycles. The first kappa shape index (κ1) is 15.3. The van der Waals surface area contributed by atoms with Crippen LogP contribution in [-0.4, -0.2) is 29.8 Å². The molecule has 0 aliphatic heterocycles. The number of rotatable bonds is 5. The number of aromatic carboxylic acids is 1. The maximum atomic E-state index is 11.7. The topological polar surface area (TPSA) is 68.7 Å². The molecule has 6 heteroatoms. The molecule has 0 bridgehead atoms. The first-order chi connectivity index (χ1) is 11.1. The normalized spacial score (nSPS) is 10.7. The van der Waals surface area contributed by atoms with Gasteiger partial charge in [0.25, 0.3) is 0 Å². The number of carbonyl (C=O) groups is 1. The molecule has 0 saturated carbocycles. The van der Waals surface area contributed by atoms with Crippen LogP contribution in [0.3, 0.4) is 0 Å². The van der Waals surface area contributed by atoms with Crippen molar-refractivity contribution in [3.63, 3.8) is 0 Å². The molecule has 1 N–H and O–H groups in total. The highest BCUT2D eigenvalue weighted by molar-refractivity contribution is 7.08. The summed E-state index contributed by atoms with van der Waals surface area (Å²) >= 11 is 1.54. The molecular formula is C17H15NO4S. The minimum atomic E-state index is -0.999. The molecule has 118 valence electrons. The van der Waals surface area contributed by atoms with Crippen LogP contribution in [0.25, 0.3) is 22.2 Å². The lowest BCUT2D eigenvalue weighted by Crippen LogP contribution is -2.02. The summed E-state index contributed by atoms with van der Waals surface area (Å²) in [5.41, 5.74) is 2.28. The summed E-state index contributed by atoms with van der Waals surface area (Å²) in [6.07, 6.45) is 0. The van der Waals surface area contributed by atoms with E-state index in [2.05, 4.69) is 4.98 Å². The fraction of sp³-hybridized carbons (Fsp3) is 0.176. The molecule has 0 fully saturated rings. The van der Waals surface area contributed by atoms with Gasteiger partial charge in [-0.1, -0.05) is 0 Å². The zero-order chi connectivity index (χ0) is 16.4. The predicted octanol–water partition coefficient (Wildman–Crippen LogP) is 4.07. The van der Waals surface area contributed by atoms with E-state index in [4.69, 9.17) is 9.47 Å². The molecule has 1 aromatic carbocycles. The third kappa shape index (κ3) is 2.85. The van der Waals surface area contributed by atoms with E-state index in [0.29, 0.717) is 34.7 Å². The van der Waals surface area contributed by atoms with Crippen molar-refractivity contribution in [2.75, 3.05) is 13.7 Å². The SMILES string of the molecule is CCOc1cc2c(C(=O)O)cc(-c3ccsc3)nc2cc1OC. The van der Waals surface area contributed by atoms with Crippen LogP contribution in [0.2, 0.25) is 0 Å². The monoisotopic (exact) mass is 329 g/mol. The lowest BCUT2D eigenvalue weighted by molar-refractivity contribution is 0.0699. The number of carboxylic acids is 1. The molecule has 2 aromatic heterocycles.